The van der Waals surface area contributed by atoms with E-state index in [0.29, 0.717) is 12.0 Å². The third-order valence-corrected chi connectivity index (χ3v) is 8.53. The molecular formula is C30H36F4N4O. The fraction of sp³-hybridized carbons (Fsp3) is 0.533. The standard InChI is InChI=1S/C22H29N3O.C8H7F4N/c23-16-18-5-3-6-19(13-18)22-8-7-21(14-20(22)15-22)25(17-26)12-4-11-24-9-1-2-10-24;1-13-5-2-3-7(9)6(4-5)8(10,11)12/h3,5-6,13,17,20-21H,1-2,4,7-12,14-15H2;2-4,13H,1H3. The van der Waals surface area contributed by atoms with Crippen LogP contribution in [0, 0.1) is 23.1 Å². The molecule has 2 aliphatic carbocycles. The molecule has 0 aromatic heterocycles. The Morgan fingerprint density at radius 1 is 1.21 bits per heavy atom. The zero-order valence-electron chi connectivity index (χ0n) is 22.3. The molecule has 3 fully saturated rings. The molecule has 3 aliphatic rings. The van der Waals surface area contributed by atoms with Crippen molar-refractivity contribution in [2.24, 2.45) is 5.92 Å². The number of alkyl halides is 3. The first-order valence-corrected chi connectivity index (χ1v) is 13.7. The first-order chi connectivity index (χ1) is 18.7. The van der Waals surface area contributed by atoms with E-state index in [1.54, 1.807) is 0 Å². The van der Waals surface area contributed by atoms with Crippen molar-refractivity contribution in [2.45, 2.75) is 62.6 Å². The first-order valence-electron chi connectivity index (χ1n) is 13.7. The summed E-state index contributed by atoms with van der Waals surface area (Å²) in [5.74, 6) is -0.581. The molecule has 2 saturated carbocycles. The first kappa shape index (κ1) is 28.9. The number of nitrogens with zero attached hydrogens (tertiary/aromatic N) is 3. The number of carbonyl (C=O) groups is 1. The lowest BCUT2D eigenvalue weighted by Crippen LogP contribution is -2.39. The molecule has 3 unspecified atom stereocenters. The molecule has 0 spiro atoms. The highest BCUT2D eigenvalue weighted by molar-refractivity contribution is 5.49. The zero-order valence-corrected chi connectivity index (χ0v) is 22.3. The molecule has 39 heavy (non-hydrogen) atoms. The maximum atomic E-state index is 12.7. The molecule has 3 atom stereocenters. The summed E-state index contributed by atoms with van der Waals surface area (Å²) >= 11 is 0. The molecule has 0 radical (unpaired) electrons. The number of halogens is 4. The number of carbonyl (C=O) groups excluding carboxylic acids is 1. The van der Waals surface area contributed by atoms with E-state index in [0.717, 1.165) is 62.9 Å². The average molecular weight is 545 g/mol. The van der Waals surface area contributed by atoms with Gasteiger partial charge in [0.05, 0.1) is 17.2 Å². The molecule has 1 saturated heterocycles. The second-order valence-electron chi connectivity index (χ2n) is 10.9. The quantitative estimate of drug-likeness (QED) is 0.318. The summed E-state index contributed by atoms with van der Waals surface area (Å²) in [5.41, 5.74) is 1.37. The van der Waals surface area contributed by atoms with Gasteiger partial charge in [0.25, 0.3) is 0 Å². The van der Waals surface area contributed by atoms with Crippen molar-refractivity contribution >= 4 is 12.1 Å². The molecule has 9 heteroatoms. The molecule has 5 nitrogen and oxygen atoms in total. The van der Waals surface area contributed by atoms with Gasteiger partial charge in [-0.1, -0.05) is 12.1 Å². The summed E-state index contributed by atoms with van der Waals surface area (Å²) in [5, 5.41) is 11.7. The van der Waals surface area contributed by atoms with Gasteiger partial charge in [0.15, 0.2) is 0 Å². The number of hydrogen-bond donors (Lipinski definition) is 1. The molecule has 1 amide bonds. The second-order valence-corrected chi connectivity index (χ2v) is 10.9. The molecular weight excluding hydrogens is 508 g/mol. The highest BCUT2D eigenvalue weighted by atomic mass is 19.4. The van der Waals surface area contributed by atoms with Gasteiger partial charge in [-0.15, -0.1) is 0 Å². The third kappa shape index (κ3) is 6.91. The van der Waals surface area contributed by atoms with E-state index in [4.69, 9.17) is 5.26 Å². The molecule has 1 aliphatic heterocycles. The van der Waals surface area contributed by atoms with E-state index in [9.17, 15) is 22.4 Å². The normalized spacial score (nSPS) is 24.1. The van der Waals surface area contributed by atoms with E-state index in [1.807, 2.05) is 12.1 Å². The summed E-state index contributed by atoms with van der Waals surface area (Å²) < 4.78 is 48.9. The maximum absolute atomic E-state index is 12.7. The largest absolute Gasteiger partial charge is 0.419 e. The molecule has 210 valence electrons. The molecule has 2 aromatic carbocycles. The highest BCUT2D eigenvalue weighted by Crippen LogP contribution is 2.62. The van der Waals surface area contributed by atoms with E-state index < -0.39 is 17.6 Å². The number of benzene rings is 2. The van der Waals surface area contributed by atoms with Gasteiger partial charge < -0.3 is 15.1 Å². The topological polar surface area (TPSA) is 59.4 Å². The number of amides is 1. The Kier molecular flexibility index (Phi) is 9.16. The highest BCUT2D eigenvalue weighted by Gasteiger charge is 2.58. The Morgan fingerprint density at radius 3 is 2.62 bits per heavy atom. The van der Waals surface area contributed by atoms with Gasteiger partial charge >= 0.3 is 6.18 Å². The number of fused-ring (bicyclic) bond motifs is 1. The predicted molar refractivity (Wildman–Crippen MR) is 143 cm³/mol. The van der Waals surface area contributed by atoms with Gasteiger partial charge in [0, 0.05) is 25.3 Å². The molecule has 2 aromatic rings. The van der Waals surface area contributed by atoms with Crippen LogP contribution in [0.5, 0.6) is 0 Å². The van der Waals surface area contributed by atoms with Gasteiger partial charge in [-0.2, -0.15) is 18.4 Å². The monoisotopic (exact) mass is 544 g/mol. The Balaban J connectivity index is 0.000000229. The van der Waals surface area contributed by atoms with Crippen molar-refractivity contribution in [1.82, 2.24) is 9.80 Å². The Morgan fingerprint density at radius 2 is 1.97 bits per heavy atom. The van der Waals surface area contributed by atoms with Crippen molar-refractivity contribution < 1.29 is 22.4 Å². The summed E-state index contributed by atoms with van der Waals surface area (Å²) in [6.45, 7) is 4.49. The van der Waals surface area contributed by atoms with Crippen molar-refractivity contribution in [3.05, 3.63) is 65.0 Å². The fourth-order valence-electron chi connectivity index (χ4n) is 6.27. The van der Waals surface area contributed by atoms with Gasteiger partial charge in [-0.3, -0.25) is 4.79 Å². The Labute approximate surface area is 227 Å². The van der Waals surface area contributed by atoms with Crippen molar-refractivity contribution in [3.63, 3.8) is 0 Å². The Hall–Kier alpha value is -3.12. The number of hydrogen-bond acceptors (Lipinski definition) is 4. The average Bonchev–Trinajstić information content (AvgIpc) is 3.45. The molecule has 1 N–H and O–H groups in total. The van der Waals surface area contributed by atoms with Gasteiger partial charge in [-0.25, -0.2) is 4.39 Å². The van der Waals surface area contributed by atoms with Gasteiger partial charge in [-0.05, 0) is 112 Å². The minimum Gasteiger partial charge on any atom is -0.388 e. The van der Waals surface area contributed by atoms with Crippen LogP contribution in [-0.2, 0) is 16.4 Å². The minimum atomic E-state index is -4.64. The smallest absolute Gasteiger partial charge is 0.388 e. The number of nitrogens with one attached hydrogen (secondary N) is 1. The predicted octanol–water partition coefficient (Wildman–Crippen LogP) is 6.20. The molecule has 1 heterocycles. The summed E-state index contributed by atoms with van der Waals surface area (Å²) in [7, 11) is 1.47. The van der Waals surface area contributed by atoms with Crippen LogP contribution in [0.15, 0.2) is 42.5 Å². The maximum Gasteiger partial charge on any atom is 0.419 e. The van der Waals surface area contributed by atoms with Crippen LogP contribution in [0.4, 0.5) is 23.2 Å². The van der Waals surface area contributed by atoms with E-state index >= 15 is 0 Å². The fourth-order valence-corrected chi connectivity index (χ4v) is 6.27. The lowest BCUT2D eigenvalue weighted by molar-refractivity contribution is -0.140. The molecule has 0 bridgehead atoms. The van der Waals surface area contributed by atoms with Crippen molar-refractivity contribution in [3.8, 4) is 6.07 Å². The van der Waals surface area contributed by atoms with E-state index in [-0.39, 0.29) is 11.1 Å². The third-order valence-electron chi connectivity index (χ3n) is 8.53. The second kappa shape index (κ2) is 12.4. The van der Waals surface area contributed by atoms with Crippen LogP contribution in [-0.4, -0.2) is 55.5 Å². The minimum absolute atomic E-state index is 0.230. The van der Waals surface area contributed by atoms with Crippen LogP contribution < -0.4 is 5.32 Å². The number of anilines is 1. The van der Waals surface area contributed by atoms with Crippen LogP contribution in [0.1, 0.15) is 61.6 Å². The number of rotatable bonds is 8. The van der Waals surface area contributed by atoms with Gasteiger partial charge in [0.1, 0.15) is 5.82 Å². The zero-order chi connectivity index (χ0) is 28.0. The van der Waals surface area contributed by atoms with Crippen molar-refractivity contribution in [2.75, 3.05) is 38.5 Å². The van der Waals surface area contributed by atoms with Crippen molar-refractivity contribution in [1.29, 1.82) is 5.26 Å². The van der Waals surface area contributed by atoms with E-state index in [1.165, 1.54) is 51.0 Å². The van der Waals surface area contributed by atoms with Gasteiger partial charge in [0.2, 0.25) is 6.41 Å². The summed E-state index contributed by atoms with van der Waals surface area (Å²) in [4.78, 5) is 16.3. The van der Waals surface area contributed by atoms with Crippen LogP contribution in [0.3, 0.4) is 0 Å². The lowest BCUT2D eigenvalue weighted by Gasteiger charge is -2.35. The summed E-state index contributed by atoms with van der Waals surface area (Å²) in [6, 6.07) is 13.6. The summed E-state index contributed by atoms with van der Waals surface area (Å²) in [6.07, 6.45) is 4.78. The lowest BCUT2D eigenvalue weighted by atomic mass is 9.80. The number of likely N-dealkylation sites (tertiary alicyclic amines) is 1. The van der Waals surface area contributed by atoms with Crippen LogP contribution in [0.2, 0.25) is 0 Å². The number of nitriles is 1. The van der Waals surface area contributed by atoms with E-state index in [2.05, 4.69) is 33.3 Å². The Bertz CT molecular complexity index is 1170. The SMILES string of the molecule is CNc1ccc(F)c(C(F)(F)F)c1.N#Cc1cccc(C23CCC(N(C=O)CCCN4CCCC4)CC2C3)c1. The van der Waals surface area contributed by atoms with Crippen LogP contribution >= 0.6 is 0 Å². The molecule has 5 rings (SSSR count). The van der Waals surface area contributed by atoms with Crippen LogP contribution in [0.25, 0.3) is 0 Å².